The van der Waals surface area contributed by atoms with Crippen LogP contribution in [0.15, 0.2) is 36.5 Å². The van der Waals surface area contributed by atoms with E-state index in [9.17, 15) is 0 Å². The van der Waals surface area contributed by atoms with Crippen LogP contribution in [-0.4, -0.2) is 21.2 Å². The molecule has 0 aliphatic carbocycles. The summed E-state index contributed by atoms with van der Waals surface area (Å²) in [5, 5.41) is 0. The Morgan fingerprint density at radius 1 is 1.29 bits per heavy atom. The van der Waals surface area contributed by atoms with E-state index < -0.39 is 0 Å². The summed E-state index contributed by atoms with van der Waals surface area (Å²) in [4.78, 5) is 7.95. The Kier molecular flexibility index (Phi) is 2.96. The maximum atomic E-state index is 4.51. The highest BCUT2D eigenvalue weighted by atomic mass is 31.0. The van der Waals surface area contributed by atoms with E-state index in [0.29, 0.717) is 6.04 Å². The van der Waals surface area contributed by atoms with E-state index in [4.69, 9.17) is 0 Å². The zero-order chi connectivity index (χ0) is 11.7. The summed E-state index contributed by atoms with van der Waals surface area (Å²) >= 11 is 0. The van der Waals surface area contributed by atoms with Gasteiger partial charge in [0.25, 0.3) is 0 Å². The molecule has 4 heteroatoms. The fourth-order valence-corrected chi connectivity index (χ4v) is 2.83. The number of rotatable bonds is 2. The van der Waals surface area contributed by atoms with Gasteiger partial charge in [0.1, 0.15) is 5.82 Å². The van der Waals surface area contributed by atoms with Crippen LogP contribution >= 0.6 is 9.39 Å². The summed E-state index contributed by atoms with van der Waals surface area (Å²) in [5.74, 6) is 1.08. The normalized spacial score (nSPS) is 20.9. The van der Waals surface area contributed by atoms with Crippen LogP contribution < -0.4 is 0 Å². The van der Waals surface area contributed by atoms with E-state index in [-0.39, 0.29) is 0 Å². The second kappa shape index (κ2) is 4.59. The van der Waals surface area contributed by atoms with Crippen LogP contribution in [0, 0.1) is 0 Å². The van der Waals surface area contributed by atoms with Gasteiger partial charge in [-0.3, -0.25) is 4.67 Å². The van der Waals surface area contributed by atoms with Gasteiger partial charge < -0.3 is 4.98 Å². The van der Waals surface area contributed by atoms with Crippen molar-refractivity contribution in [2.45, 2.75) is 18.9 Å². The Hall–Kier alpha value is -1.18. The molecule has 1 unspecified atom stereocenters. The molecule has 1 saturated heterocycles. The number of aromatic nitrogens is 2. The first kappa shape index (κ1) is 10.9. The van der Waals surface area contributed by atoms with E-state index in [0.717, 1.165) is 18.1 Å². The number of H-pyrrole nitrogens is 1. The Labute approximate surface area is 104 Å². The molecule has 2 aromatic rings. The molecule has 2 atom stereocenters. The lowest BCUT2D eigenvalue weighted by atomic mass is 10.2. The monoisotopic (exact) mass is 245 g/mol. The summed E-state index contributed by atoms with van der Waals surface area (Å²) in [5.41, 5.74) is 2.30. The highest BCUT2D eigenvalue weighted by Gasteiger charge is 2.25. The fourth-order valence-electron chi connectivity index (χ4n) is 2.35. The van der Waals surface area contributed by atoms with E-state index in [1.54, 1.807) is 0 Å². The van der Waals surface area contributed by atoms with Crippen molar-refractivity contribution in [2.75, 3.05) is 6.54 Å². The Morgan fingerprint density at radius 3 is 2.82 bits per heavy atom. The average molecular weight is 245 g/mol. The van der Waals surface area contributed by atoms with Crippen LogP contribution in [0.3, 0.4) is 0 Å². The molecule has 1 aromatic heterocycles. The molecule has 1 aromatic carbocycles. The maximum Gasteiger partial charge on any atom is 0.124 e. The van der Waals surface area contributed by atoms with Gasteiger partial charge in [-0.15, -0.1) is 0 Å². The molecule has 1 N–H and O–H groups in total. The summed E-state index contributed by atoms with van der Waals surface area (Å²) < 4.78 is 2.29. The first-order chi connectivity index (χ1) is 8.34. The van der Waals surface area contributed by atoms with Crippen LogP contribution in [0.2, 0.25) is 0 Å². The highest BCUT2D eigenvalue weighted by Crippen LogP contribution is 2.33. The van der Waals surface area contributed by atoms with Gasteiger partial charge in [0.15, 0.2) is 0 Å². The zero-order valence-electron chi connectivity index (χ0n) is 9.63. The van der Waals surface area contributed by atoms with Crippen molar-refractivity contribution in [3.05, 3.63) is 42.4 Å². The molecule has 3 rings (SSSR count). The number of hydrogen-bond donors (Lipinski definition) is 1. The lowest BCUT2D eigenvalue weighted by molar-refractivity contribution is 0.434. The van der Waals surface area contributed by atoms with E-state index in [1.807, 2.05) is 24.4 Å². The third-order valence-corrected chi connectivity index (χ3v) is 3.91. The van der Waals surface area contributed by atoms with Crippen molar-refractivity contribution < 1.29 is 0 Å². The van der Waals surface area contributed by atoms with Gasteiger partial charge in [-0.1, -0.05) is 39.7 Å². The van der Waals surface area contributed by atoms with Crippen molar-refractivity contribution in [1.82, 2.24) is 14.6 Å². The van der Waals surface area contributed by atoms with Crippen molar-refractivity contribution >= 4 is 9.39 Å². The number of benzene rings is 1. The minimum absolute atomic E-state index is 0.428. The number of aromatic amines is 1. The Morgan fingerprint density at radius 2 is 2.12 bits per heavy atom. The quantitative estimate of drug-likeness (QED) is 0.825. The number of imidazole rings is 1. The second-order valence-electron chi connectivity index (χ2n) is 4.44. The number of hydrogen-bond acceptors (Lipinski definition) is 2. The van der Waals surface area contributed by atoms with Gasteiger partial charge in [0.2, 0.25) is 0 Å². The summed E-state index contributed by atoms with van der Waals surface area (Å²) in [7, 11) is 2.80. The van der Waals surface area contributed by atoms with Gasteiger partial charge >= 0.3 is 0 Å². The van der Waals surface area contributed by atoms with E-state index in [2.05, 4.69) is 36.2 Å². The largest absolute Gasteiger partial charge is 0.341 e. The van der Waals surface area contributed by atoms with Gasteiger partial charge in [0.05, 0.1) is 17.9 Å². The molecule has 1 fully saturated rings. The van der Waals surface area contributed by atoms with Gasteiger partial charge in [-0.05, 0) is 18.4 Å². The minimum Gasteiger partial charge on any atom is -0.341 e. The van der Waals surface area contributed by atoms with Crippen LogP contribution in [0.25, 0.3) is 11.3 Å². The van der Waals surface area contributed by atoms with Crippen LogP contribution in [-0.2, 0) is 0 Å². The highest BCUT2D eigenvalue weighted by molar-refractivity contribution is 7.13. The third-order valence-electron chi connectivity index (χ3n) is 3.29. The Balaban J connectivity index is 1.88. The molecule has 0 bridgehead atoms. The predicted octanol–water partition coefficient (Wildman–Crippen LogP) is 3.00. The van der Waals surface area contributed by atoms with E-state index >= 15 is 0 Å². The SMILES string of the molecule is PN1CCC[C@H]1c1ncc(-c2ccccc2)[nH]1. The van der Waals surface area contributed by atoms with Gasteiger partial charge in [-0.2, -0.15) is 0 Å². The summed E-state index contributed by atoms with van der Waals surface area (Å²) in [6.45, 7) is 1.14. The average Bonchev–Trinajstić information content (AvgIpc) is 2.98. The third kappa shape index (κ3) is 2.13. The minimum atomic E-state index is 0.428. The van der Waals surface area contributed by atoms with Gasteiger partial charge in [0, 0.05) is 6.54 Å². The first-order valence-electron chi connectivity index (χ1n) is 5.96. The van der Waals surface area contributed by atoms with Crippen molar-refractivity contribution in [3.63, 3.8) is 0 Å². The van der Waals surface area contributed by atoms with Crippen LogP contribution in [0.4, 0.5) is 0 Å². The molecule has 17 heavy (non-hydrogen) atoms. The molecular weight excluding hydrogens is 229 g/mol. The lowest BCUT2D eigenvalue weighted by Gasteiger charge is -2.16. The summed E-state index contributed by atoms with van der Waals surface area (Å²) in [6.07, 6.45) is 4.36. The fraction of sp³-hybridized carbons (Fsp3) is 0.308. The van der Waals surface area contributed by atoms with Crippen molar-refractivity contribution in [3.8, 4) is 11.3 Å². The topological polar surface area (TPSA) is 31.9 Å². The lowest BCUT2D eigenvalue weighted by Crippen LogP contribution is -2.12. The molecule has 1 aliphatic rings. The van der Waals surface area contributed by atoms with Crippen molar-refractivity contribution in [2.24, 2.45) is 0 Å². The smallest absolute Gasteiger partial charge is 0.124 e. The molecular formula is C13H16N3P. The van der Waals surface area contributed by atoms with E-state index in [1.165, 1.54) is 18.4 Å². The number of nitrogens with one attached hydrogen (secondary N) is 1. The van der Waals surface area contributed by atoms with Crippen LogP contribution in [0.5, 0.6) is 0 Å². The Bertz CT molecular complexity index is 494. The second-order valence-corrected chi connectivity index (χ2v) is 5.11. The maximum absolute atomic E-state index is 4.51. The number of nitrogens with zero attached hydrogens (tertiary/aromatic N) is 2. The predicted molar refractivity (Wildman–Crippen MR) is 72.4 cm³/mol. The molecule has 88 valence electrons. The standard InChI is InChI=1S/C13H16N3P/c17-16-8-4-7-12(16)13-14-9-11(15-13)10-5-2-1-3-6-10/h1-3,5-6,9,12H,4,7-8,17H2,(H,14,15)/t12-/m0/s1. The molecule has 3 nitrogen and oxygen atoms in total. The molecule has 2 heterocycles. The first-order valence-corrected chi connectivity index (χ1v) is 6.48. The molecule has 1 aliphatic heterocycles. The van der Waals surface area contributed by atoms with Crippen LogP contribution in [0.1, 0.15) is 24.7 Å². The molecule has 0 radical (unpaired) electrons. The summed E-state index contributed by atoms with van der Waals surface area (Å²) in [6, 6.07) is 10.8. The van der Waals surface area contributed by atoms with Gasteiger partial charge in [-0.25, -0.2) is 4.98 Å². The molecule has 0 spiro atoms. The van der Waals surface area contributed by atoms with Crippen molar-refractivity contribution in [1.29, 1.82) is 0 Å². The zero-order valence-corrected chi connectivity index (χ0v) is 10.8. The molecule has 0 saturated carbocycles. The molecule has 0 amide bonds.